The molecule has 0 aliphatic carbocycles. The highest BCUT2D eigenvalue weighted by Crippen LogP contribution is 2.42. The molecule has 11 heteroatoms. The van der Waals surface area contributed by atoms with Crippen molar-refractivity contribution in [3.05, 3.63) is 10.1 Å². The molecule has 1 aliphatic heterocycles. The second kappa shape index (κ2) is 4.21. The topological polar surface area (TPSA) is 62.0 Å². The number of alkyl halides is 5. The van der Waals surface area contributed by atoms with Crippen LogP contribution in [0.4, 0.5) is 22.0 Å². The average Bonchev–Trinajstić information content (AvgIpc) is 2.59. The van der Waals surface area contributed by atoms with Gasteiger partial charge in [0.25, 0.3) is 6.17 Å². The molecule has 0 aromatic rings. The van der Waals surface area contributed by atoms with Gasteiger partial charge in [0.1, 0.15) is 0 Å². The monoisotopic (exact) mass is 276 g/mol. The Hall–Kier alpha value is -1.68. The SMILES string of the molecule is CC(C)N1N=CN([N+](=O)[O-])C1C(F)(F)C(F)(F)F. The zero-order chi connectivity index (χ0) is 14.3. The lowest BCUT2D eigenvalue weighted by Gasteiger charge is -2.33. The molecule has 0 aromatic carbocycles. The molecule has 18 heavy (non-hydrogen) atoms. The Bertz CT molecular complexity index is 369. The van der Waals surface area contributed by atoms with Crippen molar-refractivity contribution in [2.45, 2.75) is 38.2 Å². The van der Waals surface area contributed by atoms with E-state index in [9.17, 15) is 32.1 Å². The van der Waals surface area contributed by atoms with Gasteiger partial charge in [0, 0.05) is 6.04 Å². The first-order valence-corrected chi connectivity index (χ1v) is 4.69. The highest BCUT2D eigenvalue weighted by molar-refractivity contribution is 5.55. The van der Waals surface area contributed by atoms with Crippen molar-refractivity contribution >= 4 is 6.34 Å². The van der Waals surface area contributed by atoms with Gasteiger partial charge in [0.05, 0.1) is 0 Å². The fourth-order valence-electron chi connectivity index (χ4n) is 1.39. The fourth-order valence-corrected chi connectivity index (χ4v) is 1.39. The van der Waals surface area contributed by atoms with Crippen molar-refractivity contribution in [1.29, 1.82) is 0 Å². The molecule has 0 aromatic heterocycles. The van der Waals surface area contributed by atoms with Gasteiger partial charge in [-0.2, -0.15) is 27.1 Å². The van der Waals surface area contributed by atoms with Crippen LogP contribution in [0.3, 0.4) is 0 Å². The van der Waals surface area contributed by atoms with Gasteiger partial charge in [-0.15, -0.1) is 0 Å². The molecule has 0 amide bonds. The smallest absolute Gasteiger partial charge is 0.258 e. The van der Waals surface area contributed by atoms with E-state index in [1.54, 1.807) is 0 Å². The van der Waals surface area contributed by atoms with Crippen LogP contribution in [-0.4, -0.2) is 45.7 Å². The Morgan fingerprint density at radius 2 is 1.83 bits per heavy atom. The molecule has 0 saturated heterocycles. The Morgan fingerprint density at radius 3 is 2.17 bits per heavy atom. The Balaban J connectivity index is 3.18. The minimum Gasteiger partial charge on any atom is -0.258 e. The summed E-state index contributed by atoms with van der Waals surface area (Å²) in [5.41, 5.74) is 0. The highest BCUT2D eigenvalue weighted by Gasteiger charge is 2.69. The fraction of sp³-hybridized carbons (Fsp3) is 0.857. The van der Waals surface area contributed by atoms with Crippen LogP contribution in [0.1, 0.15) is 13.8 Å². The molecule has 104 valence electrons. The van der Waals surface area contributed by atoms with Gasteiger partial charge in [0.2, 0.25) is 0 Å². The number of rotatable bonds is 3. The first kappa shape index (κ1) is 14.4. The van der Waals surface area contributed by atoms with Crippen LogP contribution in [0.2, 0.25) is 0 Å². The highest BCUT2D eigenvalue weighted by atomic mass is 19.4. The van der Waals surface area contributed by atoms with Crippen molar-refractivity contribution in [2.75, 3.05) is 0 Å². The lowest BCUT2D eigenvalue weighted by atomic mass is 10.2. The van der Waals surface area contributed by atoms with E-state index < -0.39 is 29.3 Å². The van der Waals surface area contributed by atoms with E-state index in [1.165, 1.54) is 13.8 Å². The molecule has 1 heterocycles. The maximum Gasteiger partial charge on any atom is 0.457 e. The third-order valence-corrected chi connectivity index (χ3v) is 2.22. The van der Waals surface area contributed by atoms with Crippen LogP contribution in [0.15, 0.2) is 5.10 Å². The third-order valence-electron chi connectivity index (χ3n) is 2.22. The molecule has 0 radical (unpaired) electrons. The number of nitro groups is 1. The number of hydrazone groups is 1. The molecule has 1 aliphatic rings. The van der Waals surface area contributed by atoms with E-state index in [2.05, 4.69) is 5.10 Å². The van der Waals surface area contributed by atoms with Gasteiger partial charge >= 0.3 is 12.1 Å². The molecule has 0 N–H and O–H groups in total. The number of hydrogen-bond acceptors (Lipinski definition) is 4. The molecule has 1 unspecified atom stereocenters. The van der Waals surface area contributed by atoms with Crippen molar-refractivity contribution in [2.24, 2.45) is 5.10 Å². The maximum atomic E-state index is 13.3. The van der Waals surface area contributed by atoms with Gasteiger partial charge < -0.3 is 0 Å². The Morgan fingerprint density at radius 1 is 1.33 bits per heavy atom. The second-order valence-electron chi connectivity index (χ2n) is 3.82. The van der Waals surface area contributed by atoms with Gasteiger partial charge in [-0.25, -0.2) is 10.1 Å². The van der Waals surface area contributed by atoms with Crippen LogP contribution in [0, 0.1) is 10.1 Å². The molecule has 0 bridgehead atoms. The molecule has 0 spiro atoms. The largest absolute Gasteiger partial charge is 0.457 e. The minimum atomic E-state index is -5.91. The number of halogens is 5. The Kier molecular flexibility index (Phi) is 3.36. The lowest BCUT2D eigenvalue weighted by molar-refractivity contribution is -0.647. The second-order valence-corrected chi connectivity index (χ2v) is 3.82. The van der Waals surface area contributed by atoms with E-state index in [4.69, 9.17) is 0 Å². The molecular formula is C7H9F5N4O2. The van der Waals surface area contributed by atoms with E-state index >= 15 is 0 Å². The van der Waals surface area contributed by atoms with Crippen molar-refractivity contribution in [3.63, 3.8) is 0 Å². The van der Waals surface area contributed by atoms with Gasteiger partial charge in [0.15, 0.2) is 11.4 Å². The average molecular weight is 276 g/mol. The normalized spacial score (nSPS) is 21.0. The molecule has 0 saturated carbocycles. The van der Waals surface area contributed by atoms with E-state index in [0.717, 1.165) is 0 Å². The van der Waals surface area contributed by atoms with Crippen molar-refractivity contribution in [1.82, 2.24) is 10.0 Å². The summed E-state index contributed by atoms with van der Waals surface area (Å²) in [7, 11) is 0. The minimum absolute atomic E-state index is 0.338. The first-order valence-electron chi connectivity index (χ1n) is 4.69. The van der Waals surface area contributed by atoms with Crippen LogP contribution in [-0.2, 0) is 0 Å². The van der Waals surface area contributed by atoms with E-state index in [1.807, 2.05) is 0 Å². The molecule has 1 rings (SSSR count). The molecule has 1 atom stereocenters. The first-order chi connectivity index (χ1) is 8.00. The van der Waals surface area contributed by atoms with Gasteiger partial charge in [-0.05, 0) is 13.8 Å². The molecule has 6 nitrogen and oxygen atoms in total. The quantitative estimate of drug-likeness (QED) is 0.447. The van der Waals surface area contributed by atoms with Crippen LogP contribution < -0.4 is 0 Å². The summed E-state index contributed by atoms with van der Waals surface area (Å²) < 4.78 is 63.4. The summed E-state index contributed by atoms with van der Waals surface area (Å²) in [6.45, 7) is 2.58. The predicted octanol–water partition coefficient (Wildman–Crippen LogP) is 1.67. The van der Waals surface area contributed by atoms with Crippen molar-refractivity contribution in [3.8, 4) is 0 Å². The Labute approximate surface area is 97.8 Å². The summed E-state index contributed by atoms with van der Waals surface area (Å²) in [5, 5.41) is 12.3. The molecular weight excluding hydrogens is 267 g/mol. The molecule has 0 fully saturated rings. The predicted molar refractivity (Wildman–Crippen MR) is 49.1 cm³/mol. The van der Waals surface area contributed by atoms with E-state index in [-0.39, 0.29) is 5.01 Å². The number of hydrogen-bond donors (Lipinski definition) is 0. The standard InChI is InChI=1S/C7H9F5N4O2/c1-4(2)15-5(6(8,9)7(10,11)12)14(3-13-15)16(17)18/h3-5H,1-2H3. The maximum absolute atomic E-state index is 13.3. The third kappa shape index (κ3) is 2.16. The van der Waals surface area contributed by atoms with Gasteiger partial charge in [-0.1, -0.05) is 5.01 Å². The van der Waals surface area contributed by atoms with Crippen LogP contribution in [0.5, 0.6) is 0 Å². The zero-order valence-electron chi connectivity index (χ0n) is 9.23. The van der Waals surface area contributed by atoms with Crippen molar-refractivity contribution < 1.29 is 27.0 Å². The number of hydrazine groups is 1. The summed E-state index contributed by atoms with van der Waals surface area (Å²) >= 11 is 0. The summed E-state index contributed by atoms with van der Waals surface area (Å²) in [5.74, 6) is -5.29. The van der Waals surface area contributed by atoms with Crippen LogP contribution >= 0.6 is 0 Å². The summed E-state index contributed by atoms with van der Waals surface area (Å²) in [6.07, 6.45) is -8.40. The van der Waals surface area contributed by atoms with Crippen LogP contribution in [0.25, 0.3) is 0 Å². The zero-order valence-corrected chi connectivity index (χ0v) is 9.23. The summed E-state index contributed by atoms with van der Waals surface area (Å²) in [4.78, 5) is 10.5. The van der Waals surface area contributed by atoms with Gasteiger partial charge in [-0.3, -0.25) is 5.01 Å². The van der Waals surface area contributed by atoms with E-state index in [0.29, 0.717) is 11.3 Å². The number of nitrogens with zero attached hydrogens (tertiary/aromatic N) is 4. The lowest BCUT2D eigenvalue weighted by Crippen LogP contribution is -2.61. The summed E-state index contributed by atoms with van der Waals surface area (Å²) in [6, 6.07) is -0.857.